The van der Waals surface area contributed by atoms with Crippen molar-refractivity contribution >= 4 is 15.9 Å². The molecule has 1 amide bonds. The van der Waals surface area contributed by atoms with Gasteiger partial charge in [0.25, 0.3) is 5.91 Å². The second kappa shape index (κ2) is 9.23. The zero-order chi connectivity index (χ0) is 27.6. The van der Waals surface area contributed by atoms with E-state index in [4.69, 9.17) is 4.74 Å². The predicted molar refractivity (Wildman–Crippen MR) is 124 cm³/mol. The van der Waals surface area contributed by atoms with Crippen molar-refractivity contribution in [3.05, 3.63) is 59.4 Å². The molecule has 2 saturated heterocycles. The Morgan fingerprint density at radius 3 is 2.37 bits per heavy atom. The number of benzene rings is 2. The third-order valence-electron chi connectivity index (χ3n) is 7.61. The molecular weight excluding hydrogens is 538 g/mol. The van der Waals surface area contributed by atoms with Crippen molar-refractivity contribution < 1.29 is 44.3 Å². The Bertz CT molecular complexity index is 1360. The van der Waals surface area contributed by atoms with Gasteiger partial charge in [0.05, 0.1) is 18.4 Å². The fourth-order valence-electron chi connectivity index (χ4n) is 5.52. The first kappa shape index (κ1) is 26.9. The average Bonchev–Trinajstić information content (AvgIpc) is 3.50. The fraction of sp³-hybridized carbons (Fsp3) is 0.480. The van der Waals surface area contributed by atoms with Crippen LogP contribution >= 0.6 is 0 Å². The third kappa shape index (κ3) is 4.47. The van der Waals surface area contributed by atoms with Crippen LogP contribution in [0.4, 0.5) is 26.3 Å². The standard InChI is InChI=1S/C25H24F6N2O4S/c1-2-38(35,36)32-22-18-12-19(18)33(23(34)24(6-7-37-24)25(29,30)31)20(22)10-13-4-3-5-17(21(13)28)14-8-15(26)11-16(27)9-14/h3-5,8-9,11,18-20,22,32H,2,6-7,10,12H2,1H3/t18-,19+,20+,22+,24+/m0/s1. The van der Waals surface area contributed by atoms with Gasteiger partial charge in [-0.25, -0.2) is 26.3 Å². The predicted octanol–water partition coefficient (Wildman–Crippen LogP) is 3.94. The van der Waals surface area contributed by atoms with Crippen LogP contribution in [-0.4, -0.2) is 61.5 Å². The zero-order valence-corrected chi connectivity index (χ0v) is 20.9. The highest BCUT2D eigenvalue weighted by Crippen LogP contribution is 2.53. The van der Waals surface area contributed by atoms with Crippen molar-refractivity contribution in [1.29, 1.82) is 0 Å². The van der Waals surface area contributed by atoms with Gasteiger partial charge in [0.2, 0.25) is 15.6 Å². The SMILES string of the molecule is CCS(=O)(=O)N[C@@H]1[C@H]2C[C@H]2N(C(=O)[C@@]2(C(F)(F)F)CCO2)[C@@H]1Cc1cccc(-c2cc(F)cc(F)c2)c1F. The van der Waals surface area contributed by atoms with Gasteiger partial charge in [-0.1, -0.05) is 18.2 Å². The first-order chi connectivity index (χ1) is 17.8. The second-order valence-corrected chi connectivity index (χ2v) is 11.9. The molecule has 1 N–H and O–H groups in total. The summed E-state index contributed by atoms with van der Waals surface area (Å²) in [5.74, 6) is -4.80. The van der Waals surface area contributed by atoms with Crippen LogP contribution in [0.25, 0.3) is 11.1 Å². The summed E-state index contributed by atoms with van der Waals surface area (Å²) in [5.41, 5.74) is -3.32. The molecule has 5 atom stereocenters. The Balaban J connectivity index is 1.54. The number of alkyl halides is 3. The minimum absolute atomic E-state index is 0.0486. The molecule has 2 heterocycles. The van der Waals surface area contributed by atoms with E-state index in [9.17, 15) is 35.2 Å². The number of likely N-dealkylation sites (tertiary alicyclic amines) is 1. The molecule has 1 aliphatic carbocycles. The van der Waals surface area contributed by atoms with Crippen molar-refractivity contribution in [1.82, 2.24) is 9.62 Å². The van der Waals surface area contributed by atoms with Gasteiger partial charge in [-0.3, -0.25) is 4.79 Å². The van der Waals surface area contributed by atoms with Crippen molar-refractivity contribution in [3.8, 4) is 11.1 Å². The Kier molecular flexibility index (Phi) is 6.55. The molecule has 3 aliphatic rings. The number of halogens is 6. The Morgan fingerprint density at radius 2 is 1.82 bits per heavy atom. The summed E-state index contributed by atoms with van der Waals surface area (Å²) in [7, 11) is -3.83. The maximum Gasteiger partial charge on any atom is 0.426 e. The smallest absolute Gasteiger partial charge is 0.357 e. The summed E-state index contributed by atoms with van der Waals surface area (Å²) in [6.07, 6.45) is -5.61. The molecule has 206 valence electrons. The van der Waals surface area contributed by atoms with Crippen LogP contribution in [0.1, 0.15) is 25.3 Å². The summed E-state index contributed by atoms with van der Waals surface area (Å²) >= 11 is 0. The number of carbonyl (C=O) groups excluding carboxylic acids is 1. The molecule has 1 saturated carbocycles. The van der Waals surface area contributed by atoms with E-state index in [-0.39, 0.29) is 41.9 Å². The lowest BCUT2D eigenvalue weighted by Gasteiger charge is -2.45. The van der Waals surface area contributed by atoms with Crippen LogP contribution < -0.4 is 4.72 Å². The first-order valence-electron chi connectivity index (χ1n) is 12.1. The molecule has 38 heavy (non-hydrogen) atoms. The molecule has 6 nitrogen and oxygen atoms in total. The molecule has 0 radical (unpaired) electrons. The molecule has 0 unspecified atom stereocenters. The van der Waals surface area contributed by atoms with E-state index in [1.54, 1.807) is 0 Å². The third-order valence-corrected chi connectivity index (χ3v) is 9.00. The minimum Gasteiger partial charge on any atom is -0.357 e. The molecule has 5 rings (SSSR count). The van der Waals surface area contributed by atoms with Crippen molar-refractivity contribution in [3.63, 3.8) is 0 Å². The van der Waals surface area contributed by atoms with E-state index in [1.165, 1.54) is 25.1 Å². The van der Waals surface area contributed by atoms with Gasteiger partial charge in [-0.2, -0.15) is 13.2 Å². The van der Waals surface area contributed by atoms with Gasteiger partial charge < -0.3 is 9.64 Å². The van der Waals surface area contributed by atoms with Gasteiger partial charge in [-0.15, -0.1) is 0 Å². The Hall–Kier alpha value is -2.64. The highest BCUT2D eigenvalue weighted by molar-refractivity contribution is 7.89. The van der Waals surface area contributed by atoms with E-state index in [2.05, 4.69) is 4.72 Å². The second-order valence-electron chi connectivity index (χ2n) is 9.86. The number of ether oxygens (including phenoxy) is 1. The largest absolute Gasteiger partial charge is 0.426 e. The van der Waals surface area contributed by atoms with E-state index < -0.39 is 75.6 Å². The summed E-state index contributed by atoms with van der Waals surface area (Å²) in [6, 6.07) is 3.78. The van der Waals surface area contributed by atoms with Crippen molar-refractivity contribution in [2.24, 2.45) is 5.92 Å². The normalized spacial score (nSPS) is 28.7. The van der Waals surface area contributed by atoms with Crippen LogP contribution in [-0.2, 0) is 26.0 Å². The maximum atomic E-state index is 15.7. The summed E-state index contributed by atoms with van der Waals surface area (Å²) in [4.78, 5) is 14.4. The number of nitrogens with one attached hydrogen (secondary N) is 1. The zero-order valence-electron chi connectivity index (χ0n) is 20.1. The summed E-state index contributed by atoms with van der Waals surface area (Å²) < 4.78 is 117. The maximum absolute atomic E-state index is 15.7. The molecule has 2 aromatic carbocycles. The van der Waals surface area contributed by atoms with Gasteiger partial charge in [0.1, 0.15) is 17.5 Å². The number of nitrogens with zero attached hydrogens (tertiary/aromatic N) is 1. The van der Waals surface area contributed by atoms with E-state index in [0.29, 0.717) is 6.07 Å². The summed E-state index contributed by atoms with van der Waals surface area (Å²) in [5, 5.41) is 0. The molecule has 3 fully saturated rings. The van der Waals surface area contributed by atoms with E-state index in [1.807, 2.05) is 0 Å². The van der Waals surface area contributed by atoms with E-state index in [0.717, 1.165) is 17.0 Å². The molecule has 0 spiro atoms. The number of hydrogen-bond donors (Lipinski definition) is 1. The van der Waals surface area contributed by atoms with Crippen LogP contribution in [0.2, 0.25) is 0 Å². The number of amides is 1. The van der Waals surface area contributed by atoms with Crippen LogP contribution in [0, 0.1) is 23.4 Å². The quantitative estimate of drug-likeness (QED) is 0.519. The monoisotopic (exact) mass is 562 g/mol. The van der Waals surface area contributed by atoms with Crippen molar-refractivity contribution in [2.75, 3.05) is 12.4 Å². The molecule has 0 bridgehead atoms. The van der Waals surface area contributed by atoms with E-state index >= 15 is 4.39 Å². The Labute approximate surface area is 215 Å². The van der Waals surface area contributed by atoms with Crippen LogP contribution in [0.3, 0.4) is 0 Å². The Morgan fingerprint density at radius 1 is 1.16 bits per heavy atom. The van der Waals surface area contributed by atoms with Crippen LogP contribution in [0.5, 0.6) is 0 Å². The molecular formula is C25H24F6N2O4S. The number of fused-ring (bicyclic) bond motifs is 1. The number of rotatable bonds is 7. The summed E-state index contributed by atoms with van der Waals surface area (Å²) in [6.45, 7) is 1.13. The topological polar surface area (TPSA) is 75.7 Å². The lowest BCUT2D eigenvalue weighted by Crippen LogP contribution is -2.67. The number of hydrogen-bond acceptors (Lipinski definition) is 4. The lowest BCUT2D eigenvalue weighted by atomic mass is 9.89. The van der Waals surface area contributed by atoms with Gasteiger partial charge >= 0.3 is 6.18 Å². The van der Waals surface area contributed by atoms with Gasteiger partial charge in [0.15, 0.2) is 0 Å². The first-order valence-corrected chi connectivity index (χ1v) is 13.7. The number of sulfonamides is 1. The number of piperidine rings is 1. The highest BCUT2D eigenvalue weighted by atomic mass is 32.2. The lowest BCUT2D eigenvalue weighted by molar-refractivity contribution is -0.313. The van der Waals surface area contributed by atoms with Crippen LogP contribution in [0.15, 0.2) is 36.4 Å². The molecule has 2 aliphatic heterocycles. The molecule has 13 heteroatoms. The average molecular weight is 563 g/mol. The van der Waals surface area contributed by atoms with Gasteiger partial charge in [0, 0.05) is 30.1 Å². The molecule has 0 aromatic heterocycles. The fourth-order valence-corrected chi connectivity index (χ4v) is 6.43. The highest BCUT2D eigenvalue weighted by Gasteiger charge is 2.71. The van der Waals surface area contributed by atoms with Gasteiger partial charge in [-0.05, 0) is 48.9 Å². The van der Waals surface area contributed by atoms with Crippen molar-refractivity contribution in [2.45, 2.75) is 56.1 Å². The number of carbonyl (C=O) groups is 1. The molecule has 2 aromatic rings. The minimum atomic E-state index is -5.00.